The Bertz CT molecular complexity index is 2210. The number of piperidine rings is 1. The van der Waals surface area contributed by atoms with E-state index in [0.717, 1.165) is 31.1 Å². The first-order valence-corrected chi connectivity index (χ1v) is 28.3. The molecule has 18 heteroatoms. The second-order valence-electron chi connectivity index (χ2n) is 21.7. The molecule has 0 spiro atoms. The number of unbranched alkanes of at least 4 members (excludes halogenated alkanes) is 2. The van der Waals surface area contributed by atoms with E-state index >= 15 is 0 Å². The Labute approximate surface area is 428 Å². The summed E-state index contributed by atoms with van der Waals surface area (Å²) in [5.74, 6) is -4.99. The molecule has 1 N–H and O–H groups in total. The summed E-state index contributed by atoms with van der Waals surface area (Å²) in [5, 5.41) is 0. The van der Waals surface area contributed by atoms with Crippen LogP contribution < -0.4 is 4.72 Å². The van der Waals surface area contributed by atoms with Crippen molar-refractivity contribution in [3.05, 3.63) is 35.9 Å². The molecule has 1 aromatic rings. The van der Waals surface area contributed by atoms with E-state index in [0.29, 0.717) is 51.6 Å². The molecule has 12 atom stereocenters. The molecule has 2 bridgehead atoms. The van der Waals surface area contributed by atoms with E-state index in [9.17, 15) is 46.8 Å². The monoisotopic (exact) mass is 1030 g/mol. The molecule has 6 amide bonds. The average Bonchev–Trinajstić information content (AvgIpc) is 4.14. The number of hydrogen-bond donors (Lipinski definition) is 1. The van der Waals surface area contributed by atoms with E-state index in [1.54, 1.807) is 47.7 Å². The number of ether oxygens (including phenoxy) is 2. The SMILES string of the molecule is CC[C@H](C)[C@@H]([C@@H](CC(=O)N1CCC[C@H]1[C@H](OC)[C@@H](C)C(=O)C[C@@H](Cc1ccccc1)C(=O)NS(C)(=O)=O)OC)N(C)C(=O)[C@@H](CC(=O)[C@@H]1[C@H]2CC[C@H](C2)N1C(=O)CCCCCN1C(=O)CC(C)C1=O)C(C)C. The van der Waals surface area contributed by atoms with Crippen LogP contribution in [-0.4, -0.2) is 152 Å². The van der Waals surface area contributed by atoms with Crippen molar-refractivity contribution < 1.29 is 56.2 Å². The molecule has 17 nitrogen and oxygen atoms in total. The van der Waals surface area contributed by atoms with Gasteiger partial charge in [-0.25, -0.2) is 8.42 Å². The number of carbonyl (C=O) groups is 8. The first-order chi connectivity index (χ1) is 34.0. The number of carbonyl (C=O) groups excluding carboxylic acids is 8. The number of likely N-dealkylation sites (N-methyl/N-ethyl adjacent to an activating group) is 1. The normalized spacial score (nSPS) is 24.0. The number of sulfonamides is 1. The van der Waals surface area contributed by atoms with Gasteiger partial charge in [0.15, 0.2) is 5.78 Å². The summed E-state index contributed by atoms with van der Waals surface area (Å²) in [4.78, 5) is 116. The van der Waals surface area contributed by atoms with Gasteiger partial charge in [0.1, 0.15) is 5.78 Å². The predicted molar refractivity (Wildman–Crippen MR) is 271 cm³/mol. The summed E-state index contributed by atoms with van der Waals surface area (Å²) < 4.78 is 38.2. The summed E-state index contributed by atoms with van der Waals surface area (Å²) >= 11 is 0. The molecular formula is C54H83N5O12S. The highest BCUT2D eigenvalue weighted by atomic mass is 32.2. The quantitative estimate of drug-likeness (QED) is 0.0830. The van der Waals surface area contributed by atoms with Gasteiger partial charge in [0.25, 0.3) is 0 Å². The lowest BCUT2D eigenvalue weighted by Gasteiger charge is -2.41. The summed E-state index contributed by atoms with van der Waals surface area (Å²) in [6.45, 7) is 12.1. The smallest absolute Gasteiger partial charge is 0.237 e. The van der Waals surface area contributed by atoms with Crippen LogP contribution in [0.5, 0.6) is 0 Å². The molecule has 5 rings (SSSR count). The lowest BCUT2D eigenvalue weighted by atomic mass is 9.83. The van der Waals surface area contributed by atoms with E-state index in [-0.39, 0.29) is 109 Å². The van der Waals surface area contributed by atoms with Gasteiger partial charge in [-0.15, -0.1) is 0 Å². The average molecular weight is 1030 g/mol. The third kappa shape index (κ3) is 14.4. The van der Waals surface area contributed by atoms with Crippen molar-refractivity contribution in [1.29, 1.82) is 0 Å². The van der Waals surface area contributed by atoms with Gasteiger partial charge in [-0.2, -0.15) is 0 Å². The zero-order valence-electron chi connectivity index (χ0n) is 44.5. The molecule has 3 aliphatic heterocycles. The maximum Gasteiger partial charge on any atom is 0.237 e. The second kappa shape index (κ2) is 26.1. The molecule has 1 saturated carbocycles. The number of benzene rings is 1. The van der Waals surface area contributed by atoms with Crippen LogP contribution in [0.3, 0.4) is 0 Å². The summed E-state index contributed by atoms with van der Waals surface area (Å²) in [7, 11) is 0.845. The molecule has 0 aromatic heterocycles. The van der Waals surface area contributed by atoms with Crippen molar-refractivity contribution in [2.75, 3.05) is 40.6 Å². The Balaban J connectivity index is 1.24. The lowest BCUT2D eigenvalue weighted by molar-refractivity contribution is -0.150. The molecule has 1 aromatic carbocycles. The zero-order chi connectivity index (χ0) is 53.2. The third-order valence-electron chi connectivity index (χ3n) is 16.3. The van der Waals surface area contributed by atoms with Crippen LogP contribution in [-0.2, 0) is 64.3 Å². The Morgan fingerprint density at radius 1 is 0.889 bits per heavy atom. The number of fused-ring (bicyclic) bond motifs is 2. The molecule has 1 unspecified atom stereocenters. The van der Waals surface area contributed by atoms with E-state index in [1.807, 2.05) is 50.6 Å². The van der Waals surface area contributed by atoms with Crippen molar-refractivity contribution in [2.24, 2.45) is 41.4 Å². The minimum absolute atomic E-state index is 0.0132. The van der Waals surface area contributed by atoms with Crippen molar-refractivity contribution in [2.45, 2.75) is 174 Å². The van der Waals surface area contributed by atoms with Gasteiger partial charge in [-0.05, 0) is 74.7 Å². The molecular weight excluding hydrogens is 943 g/mol. The van der Waals surface area contributed by atoms with Crippen LogP contribution in [0.15, 0.2) is 30.3 Å². The van der Waals surface area contributed by atoms with Gasteiger partial charge in [0, 0.05) is 89.8 Å². The van der Waals surface area contributed by atoms with Crippen LogP contribution >= 0.6 is 0 Å². The largest absolute Gasteiger partial charge is 0.379 e. The van der Waals surface area contributed by atoms with E-state index in [2.05, 4.69) is 0 Å². The van der Waals surface area contributed by atoms with Crippen LogP contribution in [0, 0.1) is 41.4 Å². The highest BCUT2D eigenvalue weighted by molar-refractivity contribution is 7.89. The minimum atomic E-state index is -3.88. The molecule has 3 saturated heterocycles. The van der Waals surface area contributed by atoms with Gasteiger partial charge >= 0.3 is 0 Å². The molecule has 402 valence electrons. The molecule has 4 fully saturated rings. The van der Waals surface area contributed by atoms with Crippen LogP contribution in [0.2, 0.25) is 0 Å². The number of methoxy groups -OCH3 is 2. The number of hydrogen-bond acceptors (Lipinski definition) is 12. The third-order valence-corrected chi connectivity index (χ3v) is 16.8. The van der Waals surface area contributed by atoms with Crippen LogP contribution in [0.1, 0.15) is 137 Å². The lowest BCUT2D eigenvalue weighted by Crippen LogP contribution is -2.54. The number of nitrogens with one attached hydrogen (secondary N) is 1. The Morgan fingerprint density at radius 2 is 1.58 bits per heavy atom. The number of nitrogens with zero attached hydrogens (tertiary/aromatic N) is 4. The Hall–Kier alpha value is -4.55. The number of imide groups is 1. The van der Waals surface area contributed by atoms with E-state index in [1.165, 1.54) is 19.1 Å². The first kappa shape index (κ1) is 58.3. The maximum atomic E-state index is 14.8. The minimum Gasteiger partial charge on any atom is -0.379 e. The van der Waals surface area contributed by atoms with E-state index in [4.69, 9.17) is 9.47 Å². The van der Waals surface area contributed by atoms with Crippen LogP contribution in [0.4, 0.5) is 0 Å². The fourth-order valence-electron chi connectivity index (χ4n) is 12.1. The Morgan fingerprint density at radius 3 is 2.18 bits per heavy atom. The number of rotatable bonds is 28. The van der Waals surface area contributed by atoms with Gasteiger partial charge in [0.05, 0.1) is 43.0 Å². The summed E-state index contributed by atoms with van der Waals surface area (Å²) in [6, 6.07) is 7.42. The van der Waals surface area contributed by atoms with Crippen molar-refractivity contribution >= 4 is 57.0 Å². The maximum absolute atomic E-state index is 14.8. The fraction of sp³-hybridized carbons (Fsp3) is 0.741. The highest BCUT2D eigenvalue weighted by Crippen LogP contribution is 2.44. The molecule has 72 heavy (non-hydrogen) atoms. The Kier molecular flexibility index (Phi) is 21.1. The number of ketones is 2. The fourth-order valence-corrected chi connectivity index (χ4v) is 12.6. The van der Waals surface area contributed by atoms with Gasteiger partial charge in [-0.3, -0.25) is 48.0 Å². The standard InChI is InChI=1S/C54H83N5O12S/c1-11-34(4)49(45(70-8)32-48(64)57-26-18-21-42(57)51(71-9)36(6)43(60)30-39(52(65)55-72(10,68)69)28-37-19-14-12-15-20-37)56(7)54(67)41(33(2)3)31-44(61)50-38-23-24-40(29-38)59(50)46(62)22-16-13-17-25-58-47(63)27-35(5)53(58)66/h12,14-15,19-20,33-36,38-42,45,49-51H,11,13,16-18,21-32H2,1-10H3,(H,55,65)/t34-,35?,36-,38-,39+,40+,41-,42-,45+,49-,50-,51+/m0/s1. The van der Waals surface area contributed by atoms with Gasteiger partial charge in [-0.1, -0.05) is 84.7 Å². The van der Waals surface area contributed by atoms with Crippen LogP contribution in [0.25, 0.3) is 0 Å². The van der Waals surface area contributed by atoms with Gasteiger partial charge < -0.3 is 24.2 Å². The molecule has 3 heterocycles. The van der Waals surface area contributed by atoms with Crippen molar-refractivity contribution in [3.8, 4) is 0 Å². The van der Waals surface area contributed by atoms with E-state index < -0.39 is 64.0 Å². The zero-order valence-corrected chi connectivity index (χ0v) is 45.3. The molecule has 0 radical (unpaired) electrons. The second-order valence-corrected chi connectivity index (χ2v) is 23.4. The van der Waals surface area contributed by atoms with Crippen molar-refractivity contribution in [3.63, 3.8) is 0 Å². The summed E-state index contributed by atoms with van der Waals surface area (Å²) in [5.41, 5.74) is 0.770. The summed E-state index contributed by atoms with van der Waals surface area (Å²) in [6.07, 6.45) is 5.96. The highest BCUT2D eigenvalue weighted by Gasteiger charge is 2.52. The van der Waals surface area contributed by atoms with Gasteiger partial charge in [0.2, 0.25) is 45.5 Å². The molecule has 4 aliphatic rings. The predicted octanol–water partition coefficient (Wildman–Crippen LogP) is 5.37. The first-order valence-electron chi connectivity index (χ1n) is 26.4. The number of Topliss-reactive ketones (excluding diaryl/α,β-unsaturated/α-hetero) is 2. The molecule has 1 aliphatic carbocycles. The number of likely N-dealkylation sites (tertiary alicyclic amines) is 3. The van der Waals surface area contributed by atoms with Crippen molar-refractivity contribution in [1.82, 2.24) is 24.3 Å². The topological polar surface area (TPSA) is 214 Å². The number of amides is 6.